The summed E-state index contributed by atoms with van der Waals surface area (Å²) < 4.78 is 0. The summed E-state index contributed by atoms with van der Waals surface area (Å²) in [5, 5.41) is 1.26. The molecule has 0 saturated carbocycles. The molecule has 7 heteroatoms. The molecule has 1 aliphatic rings. The second kappa shape index (κ2) is 6.20. The van der Waals surface area contributed by atoms with Gasteiger partial charge in [-0.25, -0.2) is 9.97 Å². The summed E-state index contributed by atoms with van der Waals surface area (Å²) in [5.74, 6) is -0.637. The number of nitrogens with zero attached hydrogens (tertiary/aromatic N) is 3. The van der Waals surface area contributed by atoms with Gasteiger partial charge in [-0.3, -0.25) is 9.69 Å². The fourth-order valence-electron chi connectivity index (χ4n) is 2.43. The summed E-state index contributed by atoms with van der Waals surface area (Å²) in [7, 11) is 0. The third-order valence-corrected chi connectivity index (χ3v) is 4.15. The maximum absolute atomic E-state index is 11.2. The summed E-state index contributed by atoms with van der Waals surface area (Å²) in [6.07, 6.45) is 3.64. The number of hydrogen-bond acceptors (Lipinski definition) is 4. The highest BCUT2D eigenvalue weighted by molar-refractivity contribution is 6.35. The van der Waals surface area contributed by atoms with Crippen molar-refractivity contribution in [3.05, 3.63) is 57.1 Å². The number of benzene rings is 1. The second-order valence-electron chi connectivity index (χ2n) is 5.14. The van der Waals surface area contributed by atoms with Gasteiger partial charge in [0, 0.05) is 35.2 Å². The molecule has 1 aromatic heterocycles. The van der Waals surface area contributed by atoms with Crippen LogP contribution in [0.15, 0.2) is 18.2 Å². The zero-order valence-corrected chi connectivity index (χ0v) is 13.2. The molecule has 113 valence electrons. The number of rotatable bonds is 3. The molecule has 0 saturated heterocycles. The lowest BCUT2D eigenvalue weighted by Crippen LogP contribution is -2.32. The van der Waals surface area contributed by atoms with Crippen molar-refractivity contribution >= 4 is 29.1 Å². The van der Waals surface area contributed by atoms with Crippen molar-refractivity contribution in [3.63, 3.8) is 0 Å². The predicted octanol–water partition coefficient (Wildman–Crippen LogP) is 2.24. The van der Waals surface area contributed by atoms with E-state index in [-0.39, 0.29) is 5.82 Å². The van der Waals surface area contributed by atoms with E-state index in [9.17, 15) is 4.79 Å². The molecule has 2 heterocycles. The maximum atomic E-state index is 11.2. The normalized spacial score (nSPS) is 14.6. The molecule has 5 nitrogen and oxygen atoms in total. The van der Waals surface area contributed by atoms with E-state index in [1.807, 2.05) is 12.1 Å². The van der Waals surface area contributed by atoms with Gasteiger partial charge in [0.15, 0.2) is 0 Å². The van der Waals surface area contributed by atoms with E-state index in [1.54, 1.807) is 6.07 Å². The molecule has 2 aromatic rings. The van der Waals surface area contributed by atoms with Crippen molar-refractivity contribution in [3.8, 4) is 0 Å². The SMILES string of the molecule is NC(=O)c1n[c]c2c(n1)CN(Cc1ccc(Cl)cc1Cl)CC2. The van der Waals surface area contributed by atoms with Crippen molar-refractivity contribution < 1.29 is 4.79 Å². The molecule has 0 fully saturated rings. The Morgan fingerprint density at radius 3 is 2.95 bits per heavy atom. The number of carbonyl (C=O) groups excluding carboxylic acids is 1. The number of carbonyl (C=O) groups is 1. The number of fused-ring (bicyclic) bond motifs is 1. The Labute approximate surface area is 138 Å². The smallest absolute Gasteiger partial charge is 0.286 e. The summed E-state index contributed by atoms with van der Waals surface area (Å²) >= 11 is 12.1. The van der Waals surface area contributed by atoms with Gasteiger partial charge in [-0.05, 0) is 24.1 Å². The third kappa shape index (κ3) is 3.21. The van der Waals surface area contributed by atoms with E-state index in [2.05, 4.69) is 21.1 Å². The monoisotopic (exact) mass is 335 g/mol. The van der Waals surface area contributed by atoms with Crippen LogP contribution in [0.1, 0.15) is 27.4 Å². The predicted molar refractivity (Wildman–Crippen MR) is 83.7 cm³/mol. The van der Waals surface area contributed by atoms with Crippen LogP contribution in [0.3, 0.4) is 0 Å². The average Bonchev–Trinajstić information content (AvgIpc) is 2.49. The summed E-state index contributed by atoms with van der Waals surface area (Å²) in [6.45, 7) is 2.14. The van der Waals surface area contributed by atoms with Crippen molar-refractivity contribution in [2.24, 2.45) is 5.73 Å². The van der Waals surface area contributed by atoms with E-state index in [1.165, 1.54) is 0 Å². The summed E-state index contributed by atoms with van der Waals surface area (Å²) in [6, 6.07) is 5.47. The van der Waals surface area contributed by atoms with Gasteiger partial charge in [0.2, 0.25) is 5.82 Å². The average molecular weight is 336 g/mol. The molecule has 0 atom stereocenters. The van der Waals surface area contributed by atoms with Crippen molar-refractivity contribution in [2.75, 3.05) is 6.54 Å². The van der Waals surface area contributed by atoms with Gasteiger partial charge in [-0.2, -0.15) is 0 Å². The van der Waals surface area contributed by atoms with Crippen molar-refractivity contribution in [2.45, 2.75) is 19.5 Å². The van der Waals surface area contributed by atoms with Crippen molar-refractivity contribution in [1.29, 1.82) is 0 Å². The van der Waals surface area contributed by atoms with Crippen LogP contribution < -0.4 is 5.73 Å². The Hall–Kier alpha value is -1.69. The highest BCUT2D eigenvalue weighted by atomic mass is 35.5. The van der Waals surface area contributed by atoms with E-state index in [4.69, 9.17) is 28.9 Å². The minimum atomic E-state index is -0.642. The minimum absolute atomic E-state index is 0.00475. The van der Waals surface area contributed by atoms with Gasteiger partial charge >= 0.3 is 0 Å². The van der Waals surface area contributed by atoms with E-state index >= 15 is 0 Å². The van der Waals surface area contributed by atoms with Crippen LogP contribution in [0.5, 0.6) is 0 Å². The van der Waals surface area contributed by atoms with E-state index in [0.717, 1.165) is 29.8 Å². The van der Waals surface area contributed by atoms with Crippen LogP contribution in [-0.2, 0) is 19.5 Å². The van der Waals surface area contributed by atoms with Crippen LogP contribution in [0.25, 0.3) is 0 Å². The van der Waals surface area contributed by atoms with E-state index < -0.39 is 5.91 Å². The molecule has 0 unspecified atom stereocenters. The fraction of sp³-hybridized carbons (Fsp3) is 0.267. The van der Waals surface area contributed by atoms with Crippen LogP contribution in [0.2, 0.25) is 10.0 Å². The fourth-order valence-corrected chi connectivity index (χ4v) is 2.90. The van der Waals surface area contributed by atoms with E-state index in [0.29, 0.717) is 23.1 Å². The van der Waals surface area contributed by atoms with Crippen LogP contribution in [0, 0.1) is 6.20 Å². The first-order valence-electron chi connectivity index (χ1n) is 6.76. The number of hydrogen-bond donors (Lipinski definition) is 1. The van der Waals surface area contributed by atoms with Crippen LogP contribution in [-0.4, -0.2) is 27.3 Å². The first-order valence-corrected chi connectivity index (χ1v) is 7.52. The molecule has 2 N–H and O–H groups in total. The first-order chi connectivity index (χ1) is 10.5. The zero-order chi connectivity index (χ0) is 15.7. The molecule has 22 heavy (non-hydrogen) atoms. The Morgan fingerprint density at radius 2 is 2.23 bits per heavy atom. The molecular weight excluding hydrogens is 323 g/mol. The molecule has 0 aliphatic carbocycles. The van der Waals surface area contributed by atoms with Gasteiger partial charge in [0.05, 0.1) is 11.9 Å². The molecule has 1 amide bonds. The zero-order valence-electron chi connectivity index (χ0n) is 11.6. The quantitative estimate of drug-likeness (QED) is 0.933. The standard InChI is InChI=1S/C15H13Cl2N4O/c16-11-2-1-10(12(17)5-11)7-21-4-3-9-6-19-15(14(18)22)20-13(9)8-21/h1-2,5H,3-4,7-8H2,(H2,18,22). The number of aromatic nitrogens is 2. The second-order valence-corrected chi connectivity index (χ2v) is 5.99. The number of amides is 1. The van der Waals surface area contributed by atoms with Gasteiger partial charge in [-0.1, -0.05) is 29.3 Å². The number of halogens is 2. The Bertz CT molecular complexity index is 735. The molecule has 1 aromatic carbocycles. The van der Waals surface area contributed by atoms with Gasteiger partial charge in [0.1, 0.15) is 0 Å². The molecule has 1 aliphatic heterocycles. The van der Waals surface area contributed by atoms with Crippen LogP contribution >= 0.6 is 23.2 Å². The van der Waals surface area contributed by atoms with Gasteiger partial charge in [-0.15, -0.1) is 0 Å². The van der Waals surface area contributed by atoms with Gasteiger partial charge < -0.3 is 5.73 Å². The Balaban J connectivity index is 1.78. The van der Waals surface area contributed by atoms with Gasteiger partial charge in [0.25, 0.3) is 5.91 Å². The summed E-state index contributed by atoms with van der Waals surface area (Å²) in [5.41, 5.74) is 7.94. The largest absolute Gasteiger partial charge is 0.363 e. The van der Waals surface area contributed by atoms with Crippen molar-refractivity contribution in [1.82, 2.24) is 14.9 Å². The topological polar surface area (TPSA) is 72.1 Å². The Morgan fingerprint density at radius 1 is 1.41 bits per heavy atom. The lowest BCUT2D eigenvalue weighted by molar-refractivity contribution is 0.0989. The lowest BCUT2D eigenvalue weighted by Gasteiger charge is -2.28. The minimum Gasteiger partial charge on any atom is -0.363 e. The molecule has 1 radical (unpaired) electrons. The summed E-state index contributed by atoms with van der Waals surface area (Å²) in [4.78, 5) is 21.5. The third-order valence-electron chi connectivity index (χ3n) is 3.57. The highest BCUT2D eigenvalue weighted by Crippen LogP contribution is 2.24. The highest BCUT2D eigenvalue weighted by Gasteiger charge is 2.20. The molecule has 0 spiro atoms. The maximum Gasteiger partial charge on any atom is 0.286 e. The Kier molecular flexibility index (Phi) is 4.29. The first kappa shape index (κ1) is 15.2. The molecule has 3 rings (SSSR count). The number of nitrogens with two attached hydrogens (primary N) is 1. The lowest BCUT2D eigenvalue weighted by atomic mass is 10.1. The van der Waals surface area contributed by atoms with Crippen LogP contribution in [0.4, 0.5) is 0 Å². The number of primary amides is 1. The molecular formula is C15H13Cl2N4O. The molecule has 0 bridgehead atoms.